The summed E-state index contributed by atoms with van der Waals surface area (Å²) in [5, 5.41) is 0.884. The van der Waals surface area contributed by atoms with Crippen molar-refractivity contribution in [2.75, 3.05) is 18.5 Å². The number of aromatic nitrogens is 1. The van der Waals surface area contributed by atoms with Crippen molar-refractivity contribution in [3.8, 4) is 11.1 Å². The smallest absolute Gasteiger partial charge is 0.154 e. The number of nitrogens with zero attached hydrogens (tertiary/aromatic N) is 2. The quantitative estimate of drug-likeness (QED) is 0.673. The molecule has 3 nitrogen and oxygen atoms in total. The number of benzene rings is 2. The van der Waals surface area contributed by atoms with Crippen molar-refractivity contribution in [1.82, 2.24) is 4.98 Å². The summed E-state index contributed by atoms with van der Waals surface area (Å²) in [5.41, 5.74) is 2.94. The fraction of sp³-hybridized carbons (Fsp3) is 0.158. The van der Waals surface area contributed by atoms with Crippen LogP contribution >= 0.6 is 0 Å². The topological polar surface area (TPSA) is 33.2 Å². The number of para-hydroxylation sites is 1. The summed E-state index contributed by atoms with van der Waals surface area (Å²) < 4.78 is 13.3. The largest absolute Gasteiger partial charge is 0.359 e. The van der Waals surface area contributed by atoms with E-state index in [1.165, 1.54) is 12.1 Å². The van der Waals surface area contributed by atoms with Crippen LogP contribution in [0.3, 0.4) is 0 Å². The molecule has 0 fully saturated rings. The lowest BCUT2D eigenvalue weighted by atomic mass is 9.96. The SMILES string of the molecule is CCN(C)c1nc2ccccc2c(-c2ccc(F)cc2)c1C=O. The second-order valence-corrected chi connectivity index (χ2v) is 5.38. The van der Waals surface area contributed by atoms with E-state index in [1.807, 2.05) is 43.1 Å². The number of pyridine rings is 1. The third-order valence-electron chi connectivity index (χ3n) is 4.00. The van der Waals surface area contributed by atoms with Gasteiger partial charge in [-0.05, 0) is 30.7 Å². The van der Waals surface area contributed by atoms with Gasteiger partial charge < -0.3 is 4.90 Å². The molecular weight excluding hydrogens is 291 g/mol. The molecule has 0 saturated heterocycles. The maximum absolute atomic E-state index is 13.3. The number of anilines is 1. The third kappa shape index (κ3) is 2.68. The first-order valence-corrected chi connectivity index (χ1v) is 7.50. The summed E-state index contributed by atoms with van der Waals surface area (Å²) >= 11 is 0. The van der Waals surface area contributed by atoms with E-state index in [0.29, 0.717) is 11.4 Å². The summed E-state index contributed by atoms with van der Waals surface area (Å²) in [6.07, 6.45) is 0.833. The normalized spacial score (nSPS) is 10.7. The molecule has 1 aromatic heterocycles. The molecule has 0 aliphatic carbocycles. The summed E-state index contributed by atoms with van der Waals surface area (Å²) in [6, 6.07) is 13.9. The fourth-order valence-electron chi connectivity index (χ4n) is 2.69. The standard InChI is InChI=1S/C19H17FN2O/c1-3-22(2)19-16(12-23)18(13-8-10-14(20)11-9-13)15-6-4-5-7-17(15)21-19/h4-12H,3H2,1-2H3. The van der Waals surface area contributed by atoms with Crippen molar-refractivity contribution >= 4 is 23.0 Å². The van der Waals surface area contributed by atoms with Crippen LogP contribution in [0.5, 0.6) is 0 Å². The van der Waals surface area contributed by atoms with Crippen molar-refractivity contribution in [3.63, 3.8) is 0 Å². The van der Waals surface area contributed by atoms with Gasteiger partial charge in [-0.1, -0.05) is 30.3 Å². The Morgan fingerprint density at radius 2 is 1.83 bits per heavy atom. The maximum atomic E-state index is 13.3. The number of hydrogen-bond donors (Lipinski definition) is 0. The van der Waals surface area contributed by atoms with Gasteiger partial charge in [-0.25, -0.2) is 9.37 Å². The molecule has 0 bridgehead atoms. The molecule has 0 spiro atoms. The minimum absolute atomic E-state index is 0.300. The van der Waals surface area contributed by atoms with Gasteiger partial charge in [0.15, 0.2) is 6.29 Å². The predicted molar refractivity (Wildman–Crippen MR) is 91.5 cm³/mol. The third-order valence-corrected chi connectivity index (χ3v) is 4.00. The van der Waals surface area contributed by atoms with E-state index in [0.717, 1.165) is 34.9 Å². The molecule has 0 amide bonds. The second kappa shape index (κ2) is 6.16. The predicted octanol–water partition coefficient (Wildman–Crippen LogP) is 4.31. The Hall–Kier alpha value is -2.75. The fourth-order valence-corrected chi connectivity index (χ4v) is 2.69. The van der Waals surface area contributed by atoms with Gasteiger partial charge in [-0.2, -0.15) is 0 Å². The maximum Gasteiger partial charge on any atom is 0.154 e. The van der Waals surface area contributed by atoms with Crippen LogP contribution in [0.4, 0.5) is 10.2 Å². The van der Waals surface area contributed by atoms with E-state index in [1.54, 1.807) is 12.1 Å². The van der Waals surface area contributed by atoms with Crippen LogP contribution < -0.4 is 4.90 Å². The molecule has 0 saturated carbocycles. The molecule has 23 heavy (non-hydrogen) atoms. The summed E-state index contributed by atoms with van der Waals surface area (Å²) in [5.74, 6) is 0.339. The van der Waals surface area contributed by atoms with Gasteiger partial charge in [0.05, 0.1) is 11.1 Å². The number of rotatable bonds is 4. The summed E-state index contributed by atoms with van der Waals surface area (Å²) in [4.78, 5) is 18.4. The lowest BCUT2D eigenvalue weighted by molar-refractivity contribution is 0.112. The molecule has 0 aliphatic heterocycles. The van der Waals surface area contributed by atoms with Crippen molar-refractivity contribution < 1.29 is 9.18 Å². The first kappa shape index (κ1) is 15.2. The van der Waals surface area contributed by atoms with Crippen LogP contribution in [0.2, 0.25) is 0 Å². The molecule has 1 heterocycles. The van der Waals surface area contributed by atoms with Crippen LogP contribution in [0.15, 0.2) is 48.5 Å². The minimum Gasteiger partial charge on any atom is -0.359 e. The Morgan fingerprint density at radius 3 is 2.48 bits per heavy atom. The zero-order valence-electron chi connectivity index (χ0n) is 13.1. The molecule has 0 N–H and O–H groups in total. The van der Waals surface area contributed by atoms with Crippen LogP contribution in [0.1, 0.15) is 17.3 Å². The second-order valence-electron chi connectivity index (χ2n) is 5.38. The average Bonchev–Trinajstić information content (AvgIpc) is 2.60. The van der Waals surface area contributed by atoms with E-state index >= 15 is 0 Å². The van der Waals surface area contributed by atoms with Crippen molar-refractivity contribution in [1.29, 1.82) is 0 Å². The summed E-state index contributed by atoms with van der Waals surface area (Å²) in [6.45, 7) is 2.73. The minimum atomic E-state index is -0.300. The number of carbonyl (C=O) groups is 1. The van der Waals surface area contributed by atoms with Crippen LogP contribution in [0.25, 0.3) is 22.0 Å². The molecule has 116 valence electrons. The Bertz CT molecular complexity index is 859. The zero-order valence-corrected chi connectivity index (χ0v) is 13.1. The Kier molecular flexibility index (Phi) is 4.06. The number of fused-ring (bicyclic) bond motifs is 1. The van der Waals surface area contributed by atoms with Gasteiger partial charge in [0.25, 0.3) is 0 Å². The van der Waals surface area contributed by atoms with Crippen molar-refractivity contribution in [3.05, 3.63) is 59.9 Å². The van der Waals surface area contributed by atoms with Crippen molar-refractivity contribution in [2.24, 2.45) is 0 Å². The van der Waals surface area contributed by atoms with Gasteiger partial charge in [-0.3, -0.25) is 4.79 Å². The highest BCUT2D eigenvalue weighted by Crippen LogP contribution is 2.35. The first-order chi connectivity index (χ1) is 11.2. The van der Waals surface area contributed by atoms with E-state index in [-0.39, 0.29) is 5.82 Å². The first-order valence-electron chi connectivity index (χ1n) is 7.50. The van der Waals surface area contributed by atoms with E-state index in [9.17, 15) is 9.18 Å². The molecule has 4 heteroatoms. The number of hydrogen-bond acceptors (Lipinski definition) is 3. The van der Waals surface area contributed by atoms with Crippen LogP contribution in [0, 0.1) is 5.82 Å². The van der Waals surface area contributed by atoms with Crippen LogP contribution in [-0.4, -0.2) is 24.9 Å². The van der Waals surface area contributed by atoms with Crippen molar-refractivity contribution in [2.45, 2.75) is 6.92 Å². The molecule has 0 aliphatic rings. The highest BCUT2D eigenvalue weighted by Gasteiger charge is 2.18. The highest BCUT2D eigenvalue weighted by molar-refractivity contribution is 6.06. The Balaban J connectivity index is 2.41. The monoisotopic (exact) mass is 308 g/mol. The lowest BCUT2D eigenvalue weighted by Gasteiger charge is -2.21. The Labute approximate surface area is 134 Å². The highest BCUT2D eigenvalue weighted by atomic mass is 19.1. The average molecular weight is 308 g/mol. The van der Waals surface area contributed by atoms with Crippen LogP contribution in [-0.2, 0) is 0 Å². The van der Waals surface area contributed by atoms with Gasteiger partial charge in [-0.15, -0.1) is 0 Å². The molecular formula is C19H17FN2O. The number of aldehydes is 1. The molecule has 3 rings (SSSR count). The summed E-state index contributed by atoms with van der Waals surface area (Å²) in [7, 11) is 1.90. The molecule has 0 atom stereocenters. The zero-order chi connectivity index (χ0) is 16.4. The van der Waals surface area contributed by atoms with E-state index in [4.69, 9.17) is 0 Å². The van der Waals surface area contributed by atoms with E-state index < -0.39 is 0 Å². The molecule has 0 radical (unpaired) electrons. The molecule has 0 unspecified atom stereocenters. The molecule has 2 aromatic carbocycles. The number of carbonyl (C=O) groups excluding carboxylic acids is 1. The van der Waals surface area contributed by atoms with Gasteiger partial charge >= 0.3 is 0 Å². The van der Waals surface area contributed by atoms with Gasteiger partial charge in [0, 0.05) is 24.5 Å². The van der Waals surface area contributed by atoms with Gasteiger partial charge in [0.2, 0.25) is 0 Å². The van der Waals surface area contributed by atoms with Gasteiger partial charge in [0.1, 0.15) is 11.6 Å². The Morgan fingerprint density at radius 1 is 1.13 bits per heavy atom. The lowest BCUT2D eigenvalue weighted by Crippen LogP contribution is -2.19. The molecule has 3 aromatic rings. The van der Waals surface area contributed by atoms with E-state index in [2.05, 4.69) is 4.98 Å². The number of halogens is 1.